The number of likely N-dealkylation sites (N-methyl/N-ethyl adjacent to an activating group) is 1. The highest BCUT2D eigenvalue weighted by molar-refractivity contribution is 4.50. The molecule has 0 amide bonds. The van der Waals surface area contributed by atoms with Crippen LogP contribution in [0.4, 0.5) is 0 Å². The summed E-state index contributed by atoms with van der Waals surface area (Å²) < 4.78 is 0.811. The summed E-state index contributed by atoms with van der Waals surface area (Å²) in [6.07, 6.45) is 22.4. The Labute approximate surface area is 164 Å². The van der Waals surface area contributed by atoms with Crippen LogP contribution in [0.5, 0.6) is 0 Å². The SMILES string of the molecule is CCCCCCCCCCCCCCCCCC[N+](C)(CCO)CCO. The van der Waals surface area contributed by atoms with E-state index >= 15 is 0 Å². The lowest BCUT2D eigenvalue weighted by Crippen LogP contribution is -2.48. The molecule has 3 nitrogen and oxygen atoms in total. The molecule has 0 spiro atoms. The Morgan fingerprint density at radius 3 is 1.08 bits per heavy atom. The maximum Gasteiger partial charge on any atom is 0.102 e. The molecule has 0 saturated carbocycles. The second-order valence-electron chi connectivity index (χ2n) is 8.54. The third kappa shape index (κ3) is 17.3. The molecule has 26 heavy (non-hydrogen) atoms. The van der Waals surface area contributed by atoms with E-state index in [9.17, 15) is 0 Å². The van der Waals surface area contributed by atoms with Gasteiger partial charge >= 0.3 is 0 Å². The van der Waals surface area contributed by atoms with Gasteiger partial charge in [0.05, 0.1) is 26.8 Å². The zero-order chi connectivity index (χ0) is 19.3. The molecule has 0 aromatic carbocycles. The molecule has 0 aromatic heterocycles. The van der Waals surface area contributed by atoms with Crippen molar-refractivity contribution in [3.05, 3.63) is 0 Å². The van der Waals surface area contributed by atoms with Crippen LogP contribution in [-0.4, -0.2) is 54.6 Å². The Hall–Kier alpha value is -0.120. The van der Waals surface area contributed by atoms with Crippen LogP contribution in [0.15, 0.2) is 0 Å². The standard InChI is InChI=1S/C23H50NO2/c1-3-4-5-6-7-8-9-10-11-12-13-14-15-16-17-18-19-24(2,20-22-25)21-23-26/h25-26H,3-23H2,1-2H3/q+1. The van der Waals surface area contributed by atoms with Gasteiger partial charge in [0.25, 0.3) is 0 Å². The van der Waals surface area contributed by atoms with Gasteiger partial charge in [-0.15, -0.1) is 0 Å². The first-order valence-corrected chi connectivity index (χ1v) is 11.7. The first-order valence-electron chi connectivity index (χ1n) is 11.7. The van der Waals surface area contributed by atoms with Crippen molar-refractivity contribution in [1.29, 1.82) is 0 Å². The van der Waals surface area contributed by atoms with Gasteiger partial charge in [0, 0.05) is 0 Å². The molecular weight excluding hydrogens is 322 g/mol. The van der Waals surface area contributed by atoms with Crippen molar-refractivity contribution >= 4 is 0 Å². The second kappa shape index (κ2) is 19.6. The van der Waals surface area contributed by atoms with Crippen molar-refractivity contribution in [2.45, 2.75) is 110 Å². The summed E-state index contributed by atoms with van der Waals surface area (Å²) >= 11 is 0. The van der Waals surface area contributed by atoms with Gasteiger partial charge in [-0.05, 0) is 12.8 Å². The Bertz CT molecular complexity index is 265. The summed E-state index contributed by atoms with van der Waals surface area (Å²) in [4.78, 5) is 0. The molecule has 0 aromatic rings. The van der Waals surface area contributed by atoms with Crippen LogP contribution in [-0.2, 0) is 0 Å². The summed E-state index contributed by atoms with van der Waals surface area (Å²) in [5.41, 5.74) is 0. The third-order valence-corrected chi connectivity index (χ3v) is 5.83. The number of nitrogens with zero attached hydrogens (tertiary/aromatic N) is 1. The highest BCUT2D eigenvalue weighted by Gasteiger charge is 2.19. The first kappa shape index (κ1) is 25.9. The average Bonchev–Trinajstić information content (AvgIpc) is 2.62. The molecule has 2 N–H and O–H groups in total. The fourth-order valence-corrected chi connectivity index (χ4v) is 3.86. The second-order valence-corrected chi connectivity index (χ2v) is 8.54. The van der Waals surface area contributed by atoms with E-state index in [0.717, 1.165) is 24.1 Å². The molecule has 0 atom stereocenters. The van der Waals surface area contributed by atoms with E-state index in [0.29, 0.717) is 0 Å². The molecule has 3 heteroatoms. The zero-order valence-corrected chi connectivity index (χ0v) is 18.2. The number of quaternary nitrogens is 1. The van der Waals surface area contributed by atoms with Gasteiger partial charge in [0.2, 0.25) is 0 Å². The van der Waals surface area contributed by atoms with Gasteiger partial charge in [-0.25, -0.2) is 0 Å². The Morgan fingerprint density at radius 1 is 0.462 bits per heavy atom. The highest BCUT2D eigenvalue weighted by Crippen LogP contribution is 2.14. The van der Waals surface area contributed by atoms with E-state index in [1.165, 1.54) is 103 Å². The molecule has 0 heterocycles. The lowest BCUT2D eigenvalue weighted by molar-refractivity contribution is -0.910. The van der Waals surface area contributed by atoms with Crippen molar-refractivity contribution in [3.8, 4) is 0 Å². The lowest BCUT2D eigenvalue weighted by Gasteiger charge is -2.33. The minimum Gasteiger partial charge on any atom is -0.391 e. The normalized spacial score (nSPS) is 12.0. The first-order chi connectivity index (χ1) is 12.7. The van der Waals surface area contributed by atoms with Crippen LogP contribution in [0.25, 0.3) is 0 Å². The number of hydrogen-bond donors (Lipinski definition) is 2. The van der Waals surface area contributed by atoms with E-state index < -0.39 is 0 Å². The van der Waals surface area contributed by atoms with Crippen LogP contribution < -0.4 is 0 Å². The average molecular weight is 373 g/mol. The molecule has 0 aliphatic rings. The Kier molecular flexibility index (Phi) is 19.5. The zero-order valence-electron chi connectivity index (χ0n) is 18.2. The van der Waals surface area contributed by atoms with Crippen LogP contribution in [0.2, 0.25) is 0 Å². The molecular formula is C23H50NO2+. The molecule has 0 radical (unpaired) electrons. The van der Waals surface area contributed by atoms with Crippen molar-refractivity contribution in [2.24, 2.45) is 0 Å². The topological polar surface area (TPSA) is 40.5 Å². The van der Waals surface area contributed by atoms with Crippen LogP contribution in [0.3, 0.4) is 0 Å². The monoisotopic (exact) mass is 372 g/mol. The summed E-state index contributed by atoms with van der Waals surface area (Å²) in [6.45, 7) is 5.33. The fraction of sp³-hybridized carbons (Fsp3) is 1.00. The number of hydrogen-bond acceptors (Lipinski definition) is 2. The van der Waals surface area contributed by atoms with E-state index in [1.807, 2.05) is 0 Å². The number of aliphatic hydroxyl groups is 2. The fourth-order valence-electron chi connectivity index (χ4n) is 3.86. The van der Waals surface area contributed by atoms with E-state index in [2.05, 4.69) is 14.0 Å². The summed E-state index contributed by atoms with van der Waals surface area (Å²) in [5, 5.41) is 18.3. The molecule has 0 bridgehead atoms. The molecule has 158 valence electrons. The predicted octanol–water partition coefficient (Wildman–Crippen LogP) is 5.68. The number of unbranched alkanes of at least 4 members (excludes halogenated alkanes) is 15. The van der Waals surface area contributed by atoms with Gasteiger partial charge in [-0.2, -0.15) is 0 Å². The van der Waals surface area contributed by atoms with Crippen LogP contribution >= 0.6 is 0 Å². The third-order valence-electron chi connectivity index (χ3n) is 5.83. The molecule has 0 rings (SSSR count). The molecule has 0 saturated heterocycles. The minimum atomic E-state index is 0.218. The minimum absolute atomic E-state index is 0.218. The largest absolute Gasteiger partial charge is 0.391 e. The maximum absolute atomic E-state index is 9.17. The number of aliphatic hydroxyl groups excluding tert-OH is 2. The quantitative estimate of drug-likeness (QED) is 0.201. The van der Waals surface area contributed by atoms with E-state index in [-0.39, 0.29) is 13.2 Å². The number of rotatable bonds is 21. The predicted molar refractivity (Wildman–Crippen MR) is 115 cm³/mol. The van der Waals surface area contributed by atoms with Crippen LogP contribution in [0, 0.1) is 0 Å². The van der Waals surface area contributed by atoms with Crippen LogP contribution in [0.1, 0.15) is 110 Å². The van der Waals surface area contributed by atoms with Gasteiger partial charge in [-0.3, -0.25) is 0 Å². The Morgan fingerprint density at radius 2 is 0.769 bits per heavy atom. The highest BCUT2D eigenvalue weighted by atomic mass is 16.3. The summed E-state index contributed by atoms with van der Waals surface area (Å²) in [7, 11) is 2.15. The lowest BCUT2D eigenvalue weighted by atomic mass is 10.0. The van der Waals surface area contributed by atoms with Gasteiger partial charge < -0.3 is 14.7 Å². The summed E-state index contributed by atoms with van der Waals surface area (Å²) in [6, 6.07) is 0. The van der Waals surface area contributed by atoms with Crippen molar-refractivity contribution < 1.29 is 14.7 Å². The van der Waals surface area contributed by atoms with Crippen molar-refractivity contribution in [1.82, 2.24) is 0 Å². The maximum atomic E-state index is 9.17. The molecule has 0 aliphatic carbocycles. The van der Waals surface area contributed by atoms with Crippen molar-refractivity contribution in [2.75, 3.05) is 39.9 Å². The molecule has 0 fully saturated rings. The summed E-state index contributed by atoms with van der Waals surface area (Å²) in [5.74, 6) is 0. The smallest absolute Gasteiger partial charge is 0.102 e. The van der Waals surface area contributed by atoms with Gasteiger partial charge in [0.15, 0.2) is 0 Å². The van der Waals surface area contributed by atoms with Gasteiger partial charge in [0.1, 0.15) is 13.1 Å². The Balaban J connectivity index is 3.26. The van der Waals surface area contributed by atoms with Crippen molar-refractivity contribution in [3.63, 3.8) is 0 Å². The van der Waals surface area contributed by atoms with Gasteiger partial charge in [-0.1, -0.05) is 96.8 Å². The molecule has 0 aliphatic heterocycles. The molecule has 0 unspecified atom stereocenters. The van der Waals surface area contributed by atoms with E-state index in [4.69, 9.17) is 10.2 Å². The van der Waals surface area contributed by atoms with E-state index in [1.54, 1.807) is 0 Å².